The number of hydrogen-bond donors (Lipinski definition) is 11. The Bertz CT molecular complexity index is 849. The van der Waals surface area contributed by atoms with Gasteiger partial charge < -0.3 is 82.4 Å². The minimum atomic E-state index is -1.63. The van der Waals surface area contributed by atoms with Crippen molar-refractivity contribution in [1.29, 1.82) is 0 Å². The molecular weight excluding hydrogens is 548 g/mol. The second-order valence-electron chi connectivity index (χ2n) is 11.2. The Morgan fingerprint density at radius 3 is 2.22 bits per heavy atom. The van der Waals surface area contributed by atoms with Crippen molar-refractivity contribution in [2.75, 3.05) is 27.2 Å². The van der Waals surface area contributed by atoms with Crippen molar-refractivity contribution in [2.45, 2.75) is 117 Å². The molecule has 3 aliphatic heterocycles. The summed E-state index contributed by atoms with van der Waals surface area (Å²) in [6.07, 6.45) is -11.4. The van der Waals surface area contributed by atoms with E-state index in [-0.39, 0.29) is 19.0 Å². The molecule has 17 nitrogen and oxygen atoms in total. The predicted octanol–water partition coefficient (Wildman–Crippen LogP) is -6.54. The molecule has 238 valence electrons. The number of aliphatic hydroxyl groups is 5. The maximum absolute atomic E-state index is 12.0. The van der Waals surface area contributed by atoms with Crippen LogP contribution in [0, 0.1) is 0 Å². The van der Waals surface area contributed by atoms with Crippen molar-refractivity contribution in [3.05, 3.63) is 0 Å². The molecule has 0 aromatic carbocycles. The summed E-state index contributed by atoms with van der Waals surface area (Å²) in [7, 11) is 3.13. The summed E-state index contributed by atoms with van der Waals surface area (Å²) >= 11 is 0. The molecule has 8 unspecified atom stereocenters. The number of amides is 1. The molecule has 1 amide bonds. The lowest BCUT2D eigenvalue weighted by molar-refractivity contribution is -0.373. The first-order chi connectivity index (χ1) is 19.5. The first-order valence-corrected chi connectivity index (χ1v) is 14.0. The van der Waals surface area contributed by atoms with Gasteiger partial charge in [-0.3, -0.25) is 4.79 Å². The lowest BCUT2D eigenvalue weighted by atomic mass is 9.86. The average molecular weight is 595 g/mol. The van der Waals surface area contributed by atoms with Gasteiger partial charge in [-0.15, -0.1) is 0 Å². The van der Waals surface area contributed by atoms with Gasteiger partial charge in [-0.2, -0.15) is 0 Å². The van der Waals surface area contributed by atoms with Gasteiger partial charge in [0.25, 0.3) is 0 Å². The number of carbonyl (C=O) groups excluding carboxylic acids is 1. The minimum absolute atomic E-state index is 0.0457. The number of ether oxygens (including phenoxy) is 5. The van der Waals surface area contributed by atoms with Crippen molar-refractivity contribution in [3.63, 3.8) is 0 Å². The largest absolute Gasteiger partial charge is 0.394 e. The summed E-state index contributed by atoms with van der Waals surface area (Å²) in [6.45, 7) is -0.631. The van der Waals surface area contributed by atoms with Gasteiger partial charge in [0, 0.05) is 12.1 Å². The number of nitrogens with one attached hydrogen (secondary N) is 3. The second-order valence-corrected chi connectivity index (χ2v) is 11.2. The molecule has 17 heteroatoms. The van der Waals surface area contributed by atoms with Crippen LogP contribution in [-0.4, -0.2) is 157 Å². The monoisotopic (exact) mass is 594 g/mol. The van der Waals surface area contributed by atoms with E-state index in [1.807, 2.05) is 0 Å². The molecule has 3 heterocycles. The second kappa shape index (κ2) is 14.1. The summed E-state index contributed by atoms with van der Waals surface area (Å²) in [5.41, 5.74) is 18.4. The number of aliphatic hydroxyl groups excluding tert-OH is 5. The third-order valence-corrected chi connectivity index (χ3v) is 8.18. The molecule has 0 spiro atoms. The summed E-state index contributed by atoms with van der Waals surface area (Å²) in [6, 6.07) is -3.46. The van der Waals surface area contributed by atoms with Crippen LogP contribution >= 0.6 is 0 Å². The number of rotatable bonds is 9. The zero-order valence-electron chi connectivity index (χ0n) is 23.2. The SMILES string of the molecule is CNCC(=O)N[C@@H]1C(CO)O[C@H](OC2O[C@H]3CC(N)[C@@H](O[C@@H]4C(N)C[C@@H](N)C[C@H]4O)O[C@H]3C(O)C2NC)C(O)C1O. The van der Waals surface area contributed by atoms with E-state index in [2.05, 4.69) is 16.0 Å². The van der Waals surface area contributed by atoms with Gasteiger partial charge in [-0.1, -0.05) is 0 Å². The van der Waals surface area contributed by atoms with Crippen LogP contribution in [0.2, 0.25) is 0 Å². The number of fused-ring (bicyclic) bond motifs is 1. The van der Waals surface area contributed by atoms with Gasteiger partial charge >= 0.3 is 0 Å². The van der Waals surface area contributed by atoms with Crippen LogP contribution in [0.15, 0.2) is 0 Å². The average Bonchev–Trinajstić information content (AvgIpc) is 2.91. The molecule has 0 aromatic rings. The molecule has 3 saturated heterocycles. The molecule has 0 radical (unpaired) electrons. The normalized spacial score (nSPS) is 48.8. The molecule has 1 saturated carbocycles. The van der Waals surface area contributed by atoms with E-state index in [4.69, 9.17) is 40.9 Å². The van der Waals surface area contributed by atoms with E-state index in [1.54, 1.807) is 14.1 Å². The van der Waals surface area contributed by atoms with Crippen molar-refractivity contribution < 1.29 is 54.0 Å². The number of likely N-dealkylation sites (N-methyl/N-ethyl adjacent to an activating group) is 2. The molecule has 4 aliphatic rings. The highest BCUT2D eigenvalue weighted by Crippen LogP contribution is 2.35. The maximum atomic E-state index is 12.0. The van der Waals surface area contributed by atoms with Gasteiger partial charge in [0.05, 0.1) is 43.5 Å². The van der Waals surface area contributed by atoms with E-state index in [0.717, 1.165) is 0 Å². The van der Waals surface area contributed by atoms with E-state index in [1.165, 1.54) is 0 Å². The van der Waals surface area contributed by atoms with E-state index in [0.29, 0.717) is 12.8 Å². The van der Waals surface area contributed by atoms with Crippen LogP contribution in [0.1, 0.15) is 19.3 Å². The predicted molar refractivity (Wildman–Crippen MR) is 140 cm³/mol. The Balaban J connectivity index is 1.41. The Morgan fingerprint density at radius 2 is 1.59 bits per heavy atom. The van der Waals surface area contributed by atoms with Gasteiger partial charge in [-0.05, 0) is 33.4 Å². The quantitative estimate of drug-likeness (QED) is 0.118. The zero-order chi connectivity index (χ0) is 30.0. The molecule has 4 rings (SSSR count). The van der Waals surface area contributed by atoms with Crippen molar-refractivity contribution in [3.8, 4) is 0 Å². The van der Waals surface area contributed by atoms with Crippen molar-refractivity contribution >= 4 is 5.91 Å². The first kappa shape index (κ1) is 32.8. The summed E-state index contributed by atoms with van der Waals surface area (Å²) in [5, 5.41) is 61.1. The fourth-order valence-electron chi connectivity index (χ4n) is 6.03. The number of carbonyl (C=O) groups is 1. The van der Waals surface area contributed by atoms with Gasteiger partial charge in [0.1, 0.15) is 36.6 Å². The topological polar surface area (TPSA) is 279 Å². The molecule has 0 bridgehead atoms. The Morgan fingerprint density at radius 1 is 0.854 bits per heavy atom. The number of nitrogens with two attached hydrogens (primary N) is 3. The minimum Gasteiger partial charge on any atom is -0.394 e. The summed E-state index contributed by atoms with van der Waals surface area (Å²) < 4.78 is 29.7. The van der Waals surface area contributed by atoms with Crippen LogP contribution in [0.5, 0.6) is 0 Å². The van der Waals surface area contributed by atoms with E-state index < -0.39 is 104 Å². The molecule has 16 atom stereocenters. The van der Waals surface area contributed by atoms with E-state index >= 15 is 0 Å². The maximum Gasteiger partial charge on any atom is 0.234 e. The Kier molecular flexibility index (Phi) is 11.3. The molecule has 41 heavy (non-hydrogen) atoms. The Hall–Kier alpha value is -1.13. The van der Waals surface area contributed by atoms with Crippen LogP contribution in [-0.2, 0) is 28.5 Å². The smallest absolute Gasteiger partial charge is 0.234 e. The zero-order valence-corrected chi connectivity index (χ0v) is 23.2. The van der Waals surface area contributed by atoms with Crippen molar-refractivity contribution in [1.82, 2.24) is 16.0 Å². The van der Waals surface area contributed by atoms with Crippen LogP contribution < -0.4 is 33.2 Å². The highest BCUT2D eigenvalue weighted by molar-refractivity contribution is 5.78. The summed E-state index contributed by atoms with van der Waals surface area (Å²) in [5.74, 6) is -0.468. The molecule has 14 N–H and O–H groups in total. The van der Waals surface area contributed by atoms with Crippen LogP contribution in [0.3, 0.4) is 0 Å². The fraction of sp³-hybridized carbons (Fsp3) is 0.958. The number of hydrogen-bond acceptors (Lipinski definition) is 16. The van der Waals surface area contributed by atoms with Gasteiger partial charge in [0.15, 0.2) is 18.9 Å². The first-order valence-electron chi connectivity index (χ1n) is 14.0. The highest BCUT2D eigenvalue weighted by atomic mass is 16.8. The van der Waals surface area contributed by atoms with Gasteiger partial charge in [-0.25, -0.2) is 0 Å². The van der Waals surface area contributed by atoms with Gasteiger partial charge in [0.2, 0.25) is 5.91 Å². The van der Waals surface area contributed by atoms with Crippen LogP contribution in [0.4, 0.5) is 0 Å². The fourth-order valence-corrected chi connectivity index (χ4v) is 6.03. The van der Waals surface area contributed by atoms with E-state index in [9.17, 15) is 30.3 Å². The third kappa shape index (κ3) is 7.17. The summed E-state index contributed by atoms with van der Waals surface area (Å²) in [4.78, 5) is 12.0. The van der Waals surface area contributed by atoms with Crippen molar-refractivity contribution in [2.24, 2.45) is 17.2 Å². The molecule has 0 aromatic heterocycles. The standard InChI is InChI=1S/C24H46N6O11/c1-28-6-14(33)30-15-13(7-31)38-24(19(36)17(15)34)41-23-16(29-2)18(35)21-12(37-23)5-10(27)22(40-21)39-20-9(26)3-8(25)4-11(20)32/h8-13,15-24,28-29,31-32,34-36H,3-7,25-27H2,1-2H3,(H,30,33)/t8-,9?,10?,11-,12+,13?,15-,16?,17?,18?,19?,20-,21-,22+,23?,24-/m1/s1. The Labute approximate surface area is 237 Å². The molecular formula is C24H46N6O11. The lowest BCUT2D eigenvalue weighted by Crippen LogP contribution is -2.70. The third-order valence-electron chi connectivity index (χ3n) is 8.18. The highest BCUT2D eigenvalue weighted by Gasteiger charge is 2.54. The van der Waals surface area contributed by atoms with Crippen LogP contribution in [0.25, 0.3) is 0 Å². The lowest BCUT2D eigenvalue weighted by Gasteiger charge is -2.51. The molecule has 4 fully saturated rings. The molecule has 1 aliphatic carbocycles.